The molecule has 1 aliphatic carbocycles. The first-order chi connectivity index (χ1) is 11.2. The van der Waals surface area contributed by atoms with E-state index < -0.39 is 11.4 Å². The second-order valence-corrected chi connectivity index (χ2v) is 6.42. The summed E-state index contributed by atoms with van der Waals surface area (Å²) in [6.07, 6.45) is 5.25. The third kappa shape index (κ3) is 3.15. The molecule has 1 saturated heterocycles. The molecule has 0 radical (unpaired) electrons. The highest BCUT2D eigenvalue weighted by atomic mass is 16.5. The van der Waals surface area contributed by atoms with Gasteiger partial charge in [-0.2, -0.15) is 0 Å². The van der Waals surface area contributed by atoms with E-state index in [2.05, 4.69) is 0 Å². The van der Waals surface area contributed by atoms with E-state index in [1.54, 1.807) is 7.11 Å². The first-order valence-electron chi connectivity index (χ1n) is 8.32. The first kappa shape index (κ1) is 16.1. The number of aliphatic carboxylic acids is 1. The molecule has 5 heteroatoms. The zero-order chi connectivity index (χ0) is 16.3. The highest BCUT2D eigenvalue weighted by molar-refractivity contribution is 5.82. The summed E-state index contributed by atoms with van der Waals surface area (Å²) in [6, 6.07) is 5.55. The summed E-state index contributed by atoms with van der Waals surface area (Å²) >= 11 is 0. The van der Waals surface area contributed by atoms with Crippen molar-refractivity contribution in [2.45, 2.75) is 50.0 Å². The lowest BCUT2D eigenvalue weighted by atomic mass is 9.79. The van der Waals surface area contributed by atoms with Gasteiger partial charge in [0.05, 0.1) is 19.1 Å². The second kappa shape index (κ2) is 6.79. The average Bonchev–Trinajstić information content (AvgIpc) is 3.07. The fourth-order valence-electron chi connectivity index (χ4n) is 3.65. The Morgan fingerprint density at radius 3 is 2.65 bits per heavy atom. The molecular weight excluding hydrogens is 296 g/mol. The van der Waals surface area contributed by atoms with E-state index in [1.807, 2.05) is 18.2 Å². The molecular formula is C18H24O5. The van der Waals surface area contributed by atoms with Gasteiger partial charge in [0.25, 0.3) is 0 Å². The Balaban J connectivity index is 1.85. The van der Waals surface area contributed by atoms with Crippen molar-refractivity contribution in [2.24, 2.45) is 0 Å². The maximum absolute atomic E-state index is 11.8. The zero-order valence-corrected chi connectivity index (χ0v) is 13.5. The van der Waals surface area contributed by atoms with E-state index in [0.29, 0.717) is 30.9 Å². The third-order valence-corrected chi connectivity index (χ3v) is 4.99. The third-order valence-electron chi connectivity index (χ3n) is 4.99. The van der Waals surface area contributed by atoms with Gasteiger partial charge in [-0.3, -0.25) is 4.79 Å². The molecule has 1 aromatic carbocycles. The Hall–Kier alpha value is -1.75. The molecule has 23 heavy (non-hydrogen) atoms. The maximum Gasteiger partial charge on any atom is 0.314 e. The number of carboxylic acids is 1. The van der Waals surface area contributed by atoms with Crippen molar-refractivity contribution >= 4 is 5.97 Å². The van der Waals surface area contributed by atoms with Gasteiger partial charge in [-0.25, -0.2) is 0 Å². The van der Waals surface area contributed by atoms with Gasteiger partial charge in [-0.1, -0.05) is 18.9 Å². The van der Waals surface area contributed by atoms with Crippen molar-refractivity contribution in [1.29, 1.82) is 0 Å². The predicted molar refractivity (Wildman–Crippen MR) is 85.2 cm³/mol. The maximum atomic E-state index is 11.8. The number of benzene rings is 1. The van der Waals surface area contributed by atoms with Crippen LogP contribution in [0, 0.1) is 0 Å². The summed E-state index contributed by atoms with van der Waals surface area (Å²) < 4.78 is 16.9. The smallest absolute Gasteiger partial charge is 0.314 e. The molecule has 1 aliphatic heterocycles. The van der Waals surface area contributed by atoms with Gasteiger partial charge >= 0.3 is 5.97 Å². The molecule has 1 heterocycles. The van der Waals surface area contributed by atoms with Crippen molar-refractivity contribution in [2.75, 3.05) is 20.3 Å². The number of methoxy groups -OCH3 is 1. The van der Waals surface area contributed by atoms with Crippen LogP contribution < -0.4 is 9.47 Å². The number of hydrogen-bond acceptors (Lipinski definition) is 4. The van der Waals surface area contributed by atoms with Crippen LogP contribution in [0.15, 0.2) is 18.2 Å². The van der Waals surface area contributed by atoms with Crippen LogP contribution in [0.2, 0.25) is 0 Å². The molecule has 1 unspecified atom stereocenters. The summed E-state index contributed by atoms with van der Waals surface area (Å²) in [7, 11) is 1.59. The lowest BCUT2D eigenvalue weighted by molar-refractivity contribution is -0.143. The highest BCUT2D eigenvalue weighted by Gasteiger charge is 2.43. The van der Waals surface area contributed by atoms with Crippen LogP contribution >= 0.6 is 0 Å². The minimum absolute atomic E-state index is 0.0309. The molecule has 126 valence electrons. The highest BCUT2D eigenvalue weighted by Crippen LogP contribution is 2.44. The van der Waals surface area contributed by atoms with Gasteiger partial charge in [0.1, 0.15) is 6.10 Å². The van der Waals surface area contributed by atoms with E-state index in [1.165, 1.54) is 0 Å². The molecule has 2 aliphatic rings. The monoisotopic (exact) mass is 320 g/mol. The Kier molecular flexibility index (Phi) is 4.76. The normalized spacial score (nSPS) is 23.4. The van der Waals surface area contributed by atoms with E-state index >= 15 is 0 Å². The Morgan fingerprint density at radius 1 is 1.26 bits per heavy atom. The number of carbonyl (C=O) groups is 1. The molecule has 0 bridgehead atoms. The van der Waals surface area contributed by atoms with E-state index in [-0.39, 0.29) is 6.10 Å². The number of rotatable bonds is 5. The van der Waals surface area contributed by atoms with Crippen molar-refractivity contribution in [1.82, 2.24) is 0 Å². The van der Waals surface area contributed by atoms with Crippen LogP contribution in [0.25, 0.3) is 0 Å². The molecule has 2 fully saturated rings. The Labute approximate surface area is 136 Å². The molecule has 0 aromatic heterocycles. The first-order valence-corrected chi connectivity index (χ1v) is 8.32. The fourth-order valence-corrected chi connectivity index (χ4v) is 3.65. The Bertz CT molecular complexity index is 557. The van der Waals surface area contributed by atoms with Crippen molar-refractivity contribution in [3.8, 4) is 11.5 Å². The van der Waals surface area contributed by atoms with Crippen LogP contribution in [-0.4, -0.2) is 37.5 Å². The summed E-state index contributed by atoms with van der Waals surface area (Å²) in [5.41, 5.74) is 0.0336. The molecule has 0 spiro atoms. The molecule has 3 rings (SSSR count). The fraction of sp³-hybridized carbons (Fsp3) is 0.611. The van der Waals surface area contributed by atoms with Crippen LogP contribution in [0.5, 0.6) is 11.5 Å². The lowest BCUT2D eigenvalue weighted by Gasteiger charge is -2.27. The van der Waals surface area contributed by atoms with Gasteiger partial charge in [-0.15, -0.1) is 0 Å². The van der Waals surface area contributed by atoms with Crippen LogP contribution in [0.4, 0.5) is 0 Å². The van der Waals surface area contributed by atoms with Crippen molar-refractivity contribution in [3.05, 3.63) is 23.8 Å². The quantitative estimate of drug-likeness (QED) is 0.903. The summed E-state index contributed by atoms with van der Waals surface area (Å²) in [6.45, 7) is 1.38. The second-order valence-electron chi connectivity index (χ2n) is 6.42. The van der Waals surface area contributed by atoms with Crippen LogP contribution in [-0.2, 0) is 14.9 Å². The van der Waals surface area contributed by atoms with Gasteiger partial charge in [-0.05, 0) is 43.4 Å². The molecule has 5 nitrogen and oxygen atoms in total. The molecule has 0 amide bonds. The van der Waals surface area contributed by atoms with Crippen LogP contribution in [0.1, 0.15) is 44.1 Å². The zero-order valence-electron chi connectivity index (χ0n) is 13.5. The van der Waals surface area contributed by atoms with Crippen molar-refractivity contribution < 1.29 is 24.1 Å². The summed E-state index contributed by atoms with van der Waals surface area (Å²) in [4.78, 5) is 11.8. The minimum Gasteiger partial charge on any atom is -0.493 e. The van der Waals surface area contributed by atoms with E-state index in [4.69, 9.17) is 14.2 Å². The van der Waals surface area contributed by atoms with Crippen LogP contribution in [0.3, 0.4) is 0 Å². The minimum atomic E-state index is -0.778. The van der Waals surface area contributed by atoms with Crippen molar-refractivity contribution in [3.63, 3.8) is 0 Å². The van der Waals surface area contributed by atoms with Gasteiger partial charge in [0.2, 0.25) is 0 Å². The predicted octanol–water partition coefficient (Wildman–Crippen LogP) is 3.15. The molecule has 1 N–H and O–H groups in total. The summed E-state index contributed by atoms with van der Waals surface area (Å²) in [5, 5.41) is 9.72. The van der Waals surface area contributed by atoms with Gasteiger partial charge < -0.3 is 19.3 Å². The number of ether oxygens (including phenoxy) is 3. The number of hydrogen-bond donors (Lipinski definition) is 1. The van der Waals surface area contributed by atoms with E-state index in [0.717, 1.165) is 37.9 Å². The van der Waals surface area contributed by atoms with Gasteiger partial charge in [0.15, 0.2) is 11.5 Å². The molecule has 1 atom stereocenters. The summed E-state index contributed by atoms with van der Waals surface area (Å²) in [5.74, 6) is 0.511. The topological polar surface area (TPSA) is 65.0 Å². The Morgan fingerprint density at radius 2 is 2.04 bits per heavy atom. The standard InChI is InChI=1S/C18H24O5/c1-21-16-11-13(18(17(19)20)8-2-3-9-18)6-7-15(16)23-14-5-4-10-22-12-14/h6-7,11,14H,2-5,8-10,12H2,1H3,(H,19,20). The molecule has 1 aromatic rings. The number of carboxylic acid groups (broad SMARTS) is 1. The average molecular weight is 320 g/mol. The lowest BCUT2D eigenvalue weighted by Crippen LogP contribution is -2.32. The largest absolute Gasteiger partial charge is 0.493 e. The van der Waals surface area contributed by atoms with E-state index in [9.17, 15) is 9.90 Å². The SMILES string of the molecule is COc1cc(C2(C(=O)O)CCCC2)ccc1OC1CCCOC1. The van der Waals surface area contributed by atoms with Gasteiger partial charge in [0, 0.05) is 6.61 Å². The molecule has 1 saturated carbocycles.